The molecule has 0 aliphatic rings. The van der Waals surface area contributed by atoms with Crippen molar-refractivity contribution < 1.29 is 8.78 Å². The number of nitrogens with one attached hydrogen (secondary N) is 1. The molecular formula is C12H11BrF2N2S. The van der Waals surface area contributed by atoms with Crippen molar-refractivity contribution in [2.45, 2.75) is 13.0 Å². The normalized spacial score (nSPS) is 12.7. The van der Waals surface area contributed by atoms with Crippen molar-refractivity contribution >= 4 is 27.3 Å². The fourth-order valence-electron chi connectivity index (χ4n) is 1.69. The highest BCUT2D eigenvalue weighted by molar-refractivity contribution is 9.11. The van der Waals surface area contributed by atoms with Crippen LogP contribution in [0.4, 0.5) is 8.78 Å². The lowest BCUT2D eigenvalue weighted by Gasteiger charge is -2.15. The molecule has 2 rings (SSSR count). The molecule has 0 spiro atoms. The number of hydrogen-bond acceptors (Lipinski definition) is 3. The Hall–Kier alpha value is -0.820. The number of halogens is 3. The summed E-state index contributed by atoms with van der Waals surface area (Å²) in [6.45, 7) is 1.93. The number of benzene rings is 1. The summed E-state index contributed by atoms with van der Waals surface area (Å²) in [6.07, 6.45) is 0. The summed E-state index contributed by atoms with van der Waals surface area (Å²) in [7, 11) is 0. The molecule has 1 unspecified atom stereocenters. The molecule has 0 aliphatic carbocycles. The zero-order chi connectivity index (χ0) is 13.3. The van der Waals surface area contributed by atoms with Gasteiger partial charge in [-0.2, -0.15) is 0 Å². The van der Waals surface area contributed by atoms with Gasteiger partial charge in [0.05, 0.1) is 9.83 Å². The minimum absolute atomic E-state index is 0.200. The maximum absolute atomic E-state index is 13.8. The molecule has 0 aliphatic heterocycles. The van der Waals surface area contributed by atoms with Gasteiger partial charge < -0.3 is 0 Å². The Morgan fingerprint density at radius 1 is 1.39 bits per heavy atom. The van der Waals surface area contributed by atoms with Crippen LogP contribution < -0.4 is 11.3 Å². The fraction of sp³-hybridized carbons (Fsp3) is 0.167. The Morgan fingerprint density at radius 2 is 2.11 bits per heavy atom. The van der Waals surface area contributed by atoms with Crippen molar-refractivity contribution in [3.63, 3.8) is 0 Å². The second-order valence-electron chi connectivity index (χ2n) is 3.85. The molecule has 96 valence electrons. The standard InChI is InChI=1S/C12H11BrF2N2S/c1-6-5-9(18-12(6)13)11(17-16)7-3-2-4-8(14)10(7)15/h2-5,11,17H,16H2,1H3. The predicted molar refractivity (Wildman–Crippen MR) is 72.3 cm³/mol. The van der Waals surface area contributed by atoms with Crippen LogP contribution in [0.1, 0.15) is 22.0 Å². The van der Waals surface area contributed by atoms with Crippen molar-refractivity contribution in [3.8, 4) is 0 Å². The van der Waals surface area contributed by atoms with Gasteiger partial charge in [-0.3, -0.25) is 5.84 Å². The van der Waals surface area contributed by atoms with Crippen LogP contribution in [0, 0.1) is 18.6 Å². The lowest BCUT2D eigenvalue weighted by Crippen LogP contribution is -2.29. The van der Waals surface area contributed by atoms with E-state index in [1.54, 1.807) is 0 Å². The van der Waals surface area contributed by atoms with Crippen LogP contribution in [0.5, 0.6) is 0 Å². The van der Waals surface area contributed by atoms with Crippen LogP contribution in [0.15, 0.2) is 28.1 Å². The number of rotatable bonds is 3. The van der Waals surface area contributed by atoms with E-state index in [1.165, 1.54) is 23.5 Å². The first kappa shape index (κ1) is 13.6. The van der Waals surface area contributed by atoms with E-state index in [-0.39, 0.29) is 5.56 Å². The summed E-state index contributed by atoms with van der Waals surface area (Å²) >= 11 is 4.84. The molecule has 3 N–H and O–H groups in total. The molecule has 0 saturated carbocycles. The van der Waals surface area contributed by atoms with Crippen molar-refractivity contribution in [1.82, 2.24) is 5.43 Å². The summed E-state index contributed by atoms with van der Waals surface area (Å²) in [5.41, 5.74) is 3.76. The monoisotopic (exact) mass is 332 g/mol. The SMILES string of the molecule is Cc1cc(C(NN)c2cccc(F)c2F)sc1Br. The van der Waals surface area contributed by atoms with E-state index in [0.29, 0.717) is 0 Å². The fourth-order valence-corrected chi connectivity index (χ4v) is 3.35. The smallest absolute Gasteiger partial charge is 0.164 e. The van der Waals surface area contributed by atoms with Gasteiger partial charge in [-0.15, -0.1) is 11.3 Å². The van der Waals surface area contributed by atoms with Gasteiger partial charge >= 0.3 is 0 Å². The Morgan fingerprint density at radius 3 is 2.67 bits per heavy atom. The van der Waals surface area contributed by atoms with Gasteiger partial charge in [0.15, 0.2) is 11.6 Å². The van der Waals surface area contributed by atoms with Crippen LogP contribution in [0.25, 0.3) is 0 Å². The molecule has 18 heavy (non-hydrogen) atoms. The van der Waals surface area contributed by atoms with Gasteiger partial charge in [-0.05, 0) is 40.5 Å². The first-order valence-electron chi connectivity index (χ1n) is 5.20. The molecule has 0 radical (unpaired) electrons. The summed E-state index contributed by atoms with van der Waals surface area (Å²) < 4.78 is 27.9. The van der Waals surface area contributed by atoms with Crippen molar-refractivity contribution in [2.75, 3.05) is 0 Å². The van der Waals surface area contributed by atoms with Crippen molar-refractivity contribution in [2.24, 2.45) is 5.84 Å². The second kappa shape index (κ2) is 5.44. The van der Waals surface area contributed by atoms with Crippen molar-refractivity contribution in [3.05, 3.63) is 55.7 Å². The minimum Gasteiger partial charge on any atom is -0.271 e. The van der Waals surface area contributed by atoms with E-state index in [2.05, 4.69) is 21.4 Å². The van der Waals surface area contributed by atoms with E-state index < -0.39 is 17.7 Å². The first-order valence-corrected chi connectivity index (χ1v) is 6.81. The van der Waals surface area contributed by atoms with Gasteiger partial charge in [-0.25, -0.2) is 14.2 Å². The number of nitrogens with two attached hydrogens (primary N) is 1. The van der Waals surface area contributed by atoms with Crippen LogP contribution in [0.2, 0.25) is 0 Å². The van der Waals surface area contributed by atoms with E-state index in [0.717, 1.165) is 20.3 Å². The molecule has 0 bridgehead atoms. The lowest BCUT2D eigenvalue weighted by molar-refractivity contribution is 0.484. The Bertz CT molecular complexity index is 552. The third kappa shape index (κ3) is 2.47. The van der Waals surface area contributed by atoms with Gasteiger partial charge in [0, 0.05) is 10.4 Å². The number of hydrazine groups is 1. The van der Waals surface area contributed by atoms with Crippen LogP contribution in [-0.2, 0) is 0 Å². The van der Waals surface area contributed by atoms with Gasteiger partial charge in [-0.1, -0.05) is 12.1 Å². The molecule has 2 aromatic rings. The van der Waals surface area contributed by atoms with Gasteiger partial charge in [0.2, 0.25) is 0 Å². The Kier molecular flexibility index (Phi) is 4.11. The first-order chi connectivity index (χ1) is 8.54. The van der Waals surface area contributed by atoms with Gasteiger partial charge in [0.25, 0.3) is 0 Å². The number of aryl methyl sites for hydroxylation is 1. The molecule has 1 atom stereocenters. The molecule has 2 nitrogen and oxygen atoms in total. The average molecular weight is 333 g/mol. The summed E-state index contributed by atoms with van der Waals surface area (Å²) in [6, 6.07) is 5.40. The quantitative estimate of drug-likeness (QED) is 0.665. The highest BCUT2D eigenvalue weighted by Crippen LogP contribution is 2.35. The molecule has 1 aromatic heterocycles. The lowest BCUT2D eigenvalue weighted by atomic mass is 10.0. The minimum atomic E-state index is -0.875. The van der Waals surface area contributed by atoms with Crippen LogP contribution in [0.3, 0.4) is 0 Å². The summed E-state index contributed by atoms with van der Waals surface area (Å²) in [5, 5.41) is 0. The maximum Gasteiger partial charge on any atom is 0.164 e. The average Bonchev–Trinajstić information content (AvgIpc) is 2.66. The highest BCUT2D eigenvalue weighted by atomic mass is 79.9. The molecule has 1 heterocycles. The Labute approximate surface area is 116 Å². The zero-order valence-corrected chi connectivity index (χ0v) is 11.9. The third-order valence-corrected chi connectivity index (χ3v) is 4.82. The molecule has 0 amide bonds. The highest BCUT2D eigenvalue weighted by Gasteiger charge is 2.21. The van der Waals surface area contributed by atoms with E-state index in [4.69, 9.17) is 5.84 Å². The van der Waals surface area contributed by atoms with Crippen molar-refractivity contribution in [1.29, 1.82) is 0 Å². The molecule has 0 fully saturated rings. The molecular weight excluding hydrogens is 322 g/mol. The zero-order valence-electron chi connectivity index (χ0n) is 9.51. The van der Waals surface area contributed by atoms with E-state index >= 15 is 0 Å². The Balaban J connectivity index is 2.48. The molecule has 0 saturated heterocycles. The van der Waals surface area contributed by atoms with Crippen LogP contribution >= 0.6 is 27.3 Å². The van der Waals surface area contributed by atoms with E-state index in [9.17, 15) is 8.78 Å². The second-order valence-corrected chi connectivity index (χ2v) is 6.25. The predicted octanol–water partition coefficient (Wildman–Crippen LogP) is 3.65. The summed E-state index contributed by atoms with van der Waals surface area (Å²) in [5.74, 6) is 3.72. The molecule has 6 heteroatoms. The largest absolute Gasteiger partial charge is 0.271 e. The van der Waals surface area contributed by atoms with E-state index in [1.807, 2.05) is 13.0 Å². The number of hydrogen-bond donors (Lipinski definition) is 2. The third-order valence-electron chi connectivity index (χ3n) is 2.62. The topological polar surface area (TPSA) is 38.0 Å². The van der Waals surface area contributed by atoms with Gasteiger partial charge in [0.1, 0.15) is 0 Å². The number of thiophene rings is 1. The summed E-state index contributed by atoms with van der Waals surface area (Å²) in [4.78, 5) is 0.825. The molecule has 1 aromatic carbocycles. The maximum atomic E-state index is 13.8. The van der Waals surface area contributed by atoms with Crippen LogP contribution in [-0.4, -0.2) is 0 Å².